The van der Waals surface area contributed by atoms with Gasteiger partial charge in [0.15, 0.2) is 0 Å². The molecule has 5 rings (SSSR count). The number of nitrogen functional groups attached to an aromatic ring is 1. The van der Waals surface area contributed by atoms with Gasteiger partial charge in [0, 0.05) is 47.7 Å². The molecule has 1 heterocycles. The maximum absolute atomic E-state index is 10.9. The van der Waals surface area contributed by atoms with Crippen molar-refractivity contribution in [1.29, 1.82) is 0 Å². The lowest BCUT2D eigenvalue weighted by molar-refractivity contribution is 0.0986. The van der Waals surface area contributed by atoms with Crippen LogP contribution in [0.25, 0.3) is 21.8 Å². The van der Waals surface area contributed by atoms with Gasteiger partial charge in [-0.1, -0.05) is 60.7 Å². The van der Waals surface area contributed by atoms with Gasteiger partial charge in [0.2, 0.25) is 0 Å². The van der Waals surface area contributed by atoms with Gasteiger partial charge in [0.05, 0.1) is 11.6 Å². The van der Waals surface area contributed by atoms with Gasteiger partial charge in [-0.15, -0.1) is 0 Å². The van der Waals surface area contributed by atoms with E-state index in [1.807, 2.05) is 55.5 Å². The number of aryl methyl sites for hydroxylation is 1. The molecule has 5 nitrogen and oxygen atoms in total. The minimum atomic E-state index is -0.635. The van der Waals surface area contributed by atoms with Crippen LogP contribution >= 0.6 is 0 Å². The first kappa shape index (κ1) is 23.0. The van der Waals surface area contributed by atoms with Crippen LogP contribution in [0.15, 0.2) is 91.0 Å². The molecule has 0 fully saturated rings. The number of aliphatic hydroxyl groups excluding tert-OH is 1. The summed E-state index contributed by atoms with van der Waals surface area (Å²) in [6.45, 7) is 4.38. The van der Waals surface area contributed by atoms with Crippen LogP contribution in [0.3, 0.4) is 0 Å². The summed E-state index contributed by atoms with van der Waals surface area (Å²) < 4.78 is 6.14. The van der Waals surface area contributed by atoms with E-state index in [-0.39, 0.29) is 0 Å². The Morgan fingerprint density at radius 1 is 0.886 bits per heavy atom. The van der Waals surface area contributed by atoms with Crippen LogP contribution in [-0.2, 0) is 6.54 Å². The average molecular weight is 466 g/mol. The van der Waals surface area contributed by atoms with E-state index in [4.69, 9.17) is 10.5 Å². The normalized spacial score (nSPS) is 12.4. The number of rotatable bonds is 9. The van der Waals surface area contributed by atoms with Crippen LogP contribution in [-0.4, -0.2) is 34.7 Å². The molecule has 0 saturated carbocycles. The van der Waals surface area contributed by atoms with Gasteiger partial charge in [0.25, 0.3) is 0 Å². The highest BCUT2D eigenvalue weighted by Crippen LogP contribution is 2.28. The predicted molar refractivity (Wildman–Crippen MR) is 144 cm³/mol. The van der Waals surface area contributed by atoms with Crippen molar-refractivity contribution in [1.82, 2.24) is 9.88 Å². The smallest absolute Gasteiger partial charge is 0.121 e. The van der Waals surface area contributed by atoms with Crippen molar-refractivity contribution in [3.8, 4) is 5.75 Å². The number of hydrogen-bond donors (Lipinski definition) is 3. The Bertz CT molecular complexity index is 1430. The molecule has 1 unspecified atom stereocenters. The Morgan fingerprint density at radius 3 is 2.49 bits per heavy atom. The second-order valence-corrected chi connectivity index (χ2v) is 9.08. The van der Waals surface area contributed by atoms with E-state index in [9.17, 15) is 5.11 Å². The number of ether oxygens (including phenoxy) is 1. The van der Waals surface area contributed by atoms with Gasteiger partial charge in [0.1, 0.15) is 12.4 Å². The maximum atomic E-state index is 10.9. The molecule has 0 aliphatic carbocycles. The summed E-state index contributed by atoms with van der Waals surface area (Å²) in [6, 6.07) is 30.6. The van der Waals surface area contributed by atoms with Gasteiger partial charge in [-0.2, -0.15) is 0 Å². The quantitative estimate of drug-likeness (QED) is 0.240. The third kappa shape index (κ3) is 5.32. The number of aliphatic hydroxyl groups is 1. The van der Waals surface area contributed by atoms with Gasteiger partial charge in [-0.3, -0.25) is 4.90 Å². The minimum absolute atomic E-state index is 0.488. The number of H-pyrrole nitrogens is 1. The van der Waals surface area contributed by atoms with E-state index < -0.39 is 6.10 Å². The summed E-state index contributed by atoms with van der Waals surface area (Å²) in [4.78, 5) is 5.69. The van der Waals surface area contributed by atoms with E-state index in [1.165, 1.54) is 16.3 Å². The molecule has 0 aliphatic rings. The fourth-order valence-corrected chi connectivity index (χ4v) is 4.51. The largest absolute Gasteiger partial charge is 0.492 e. The van der Waals surface area contributed by atoms with E-state index in [1.54, 1.807) is 0 Å². The number of aromatic amines is 1. The van der Waals surface area contributed by atoms with Crippen LogP contribution in [0.1, 0.15) is 22.8 Å². The van der Waals surface area contributed by atoms with Gasteiger partial charge < -0.3 is 20.6 Å². The second-order valence-electron chi connectivity index (χ2n) is 9.08. The fraction of sp³-hybridized carbons (Fsp3) is 0.200. The Hall–Kier alpha value is -3.80. The van der Waals surface area contributed by atoms with E-state index >= 15 is 0 Å². The summed E-state index contributed by atoms with van der Waals surface area (Å²) in [5.41, 5.74) is 12.0. The van der Waals surface area contributed by atoms with Crippen LogP contribution < -0.4 is 10.5 Å². The number of nitrogens with one attached hydrogen (secondary N) is 1. The van der Waals surface area contributed by atoms with Crippen LogP contribution in [0.2, 0.25) is 0 Å². The predicted octanol–water partition coefficient (Wildman–Crippen LogP) is 5.83. The number of para-hydroxylation sites is 1. The van der Waals surface area contributed by atoms with E-state index in [2.05, 4.69) is 52.3 Å². The summed E-state index contributed by atoms with van der Waals surface area (Å²) in [6.07, 6.45) is -0.635. The lowest BCUT2D eigenvalue weighted by atomic mass is 10.0. The number of hydrogen-bond acceptors (Lipinski definition) is 4. The number of aromatic nitrogens is 1. The maximum Gasteiger partial charge on any atom is 0.121 e. The van der Waals surface area contributed by atoms with Crippen molar-refractivity contribution in [3.05, 3.63) is 108 Å². The second kappa shape index (κ2) is 10.2. The zero-order chi connectivity index (χ0) is 24.2. The molecular formula is C30H31N3O2. The molecule has 1 atom stereocenters. The van der Waals surface area contributed by atoms with Crippen molar-refractivity contribution in [2.24, 2.45) is 0 Å². The summed E-state index contributed by atoms with van der Waals surface area (Å²) in [7, 11) is 0. The molecule has 5 aromatic rings. The lowest BCUT2D eigenvalue weighted by Crippen LogP contribution is -2.32. The third-order valence-electron chi connectivity index (χ3n) is 6.52. The summed E-state index contributed by atoms with van der Waals surface area (Å²) >= 11 is 0. The zero-order valence-corrected chi connectivity index (χ0v) is 19.9. The molecule has 0 spiro atoms. The summed E-state index contributed by atoms with van der Waals surface area (Å²) in [5.74, 6) is 0.829. The highest BCUT2D eigenvalue weighted by atomic mass is 16.5. The highest BCUT2D eigenvalue weighted by molar-refractivity contribution is 6.07. The zero-order valence-electron chi connectivity index (χ0n) is 19.9. The highest BCUT2D eigenvalue weighted by Gasteiger charge is 2.15. The molecular weight excluding hydrogens is 434 g/mol. The fourth-order valence-electron chi connectivity index (χ4n) is 4.51. The van der Waals surface area contributed by atoms with Crippen LogP contribution in [0, 0.1) is 6.92 Å². The van der Waals surface area contributed by atoms with Crippen LogP contribution in [0.5, 0.6) is 5.75 Å². The molecule has 5 heteroatoms. The van der Waals surface area contributed by atoms with Crippen molar-refractivity contribution in [2.75, 3.05) is 25.4 Å². The van der Waals surface area contributed by atoms with Crippen molar-refractivity contribution < 1.29 is 9.84 Å². The van der Waals surface area contributed by atoms with Crippen LogP contribution in [0.4, 0.5) is 5.69 Å². The van der Waals surface area contributed by atoms with Crippen molar-refractivity contribution in [3.63, 3.8) is 0 Å². The molecule has 1 aromatic heterocycles. The number of anilines is 1. The van der Waals surface area contributed by atoms with Crippen molar-refractivity contribution in [2.45, 2.75) is 19.6 Å². The Kier molecular flexibility index (Phi) is 6.70. The molecule has 0 amide bonds. The Balaban J connectivity index is 1.27. The van der Waals surface area contributed by atoms with E-state index in [0.717, 1.165) is 34.5 Å². The molecule has 4 aromatic carbocycles. The van der Waals surface area contributed by atoms with E-state index in [0.29, 0.717) is 25.4 Å². The molecule has 35 heavy (non-hydrogen) atoms. The molecule has 4 N–H and O–H groups in total. The number of benzene rings is 4. The number of fused-ring (bicyclic) bond motifs is 3. The van der Waals surface area contributed by atoms with Gasteiger partial charge in [-0.05, 0) is 47.9 Å². The summed E-state index contributed by atoms with van der Waals surface area (Å²) in [5, 5.41) is 13.4. The number of nitrogens with zero attached hydrogens (tertiary/aromatic N) is 1. The Morgan fingerprint density at radius 2 is 1.66 bits per heavy atom. The average Bonchev–Trinajstić information content (AvgIpc) is 3.24. The monoisotopic (exact) mass is 465 g/mol. The van der Waals surface area contributed by atoms with Gasteiger partial charge >= 0.3 is 0 Å². The lowest BCUT2D eigenvalue weighted by Gasteiger charge is -2.25. The topological polar surface area (TPSA) is 74.5 Å². The Labute approximate surface area is 205 Å². The first-order chi connectivity index (χ1) is 17.1. The minimum Gasteiger partial charge on any atom is -0.492 e. The first-order valence-corrected chi connectivity index (χ1v) is 12.0. The van der Waals surface area contributed by atoms with Crippen molar-refractivity contribution >= 4 is 27.5 Å². The molecule has 178 valence electrons. The number of nitrogens with two attached hydrogens (primary N) is 1. The standard InChI is InChI=1S/C30H31N3O2/c1-21-11-12-23(17-27(21)31)30(34)20-33(19-22-7-3-2-4-8-22)15-16-35-24-13-14-26-25-9-5-6-10-28(25)32-29(26)18-24/h2-14,17-18,30,32,34H,15-16,19-20,31H2,1H3. The molecule has 0 radical (unpaired) electrons. The molecule has 0 saturated heterocycles. The third-order valence-corrected chi connectivity index (χ3v) is 6.52. The molecule has 0 bridgehead atoms. The molecule has 0 aliphatic heterocycles. The SMILES string of the molecule is Cc1ccc(C(O)CN(CCOc2ccc3c(c2)[nH]c2ccccc23)Cc2ccccc2)cc1N. The first-order valence-electron chi connectivity index (χ1n) is 12.0. The van der Waals surface area contributed by atoms with Gasteiger partial charge in [-0.25, -0.2) is 0 Å².